The van der Waals surface area contributed by atoms with E-state index in [1.807, 2.05) is 32.3 Å². The number of ether oxygens (including phenoxy) is 1. The number of rotatable bonds is 8. The standard InChI is InChI=1S/C16H23N3O2/c1-13-15(6-9-21-13)12-19(2)16-14(5-4-7-18-16)11-17-8-10-20-3/h4-7,9,17H,8,10-12H2,1-3H3. The van der Waals surface area contributed by atoms with Gasteiger partial charge in [0.25, 0.3) is 0 Å². The Morgan fingerprint density at radius 1 is 1.33 bits per heavy atom. The summed E-state index contributed by atoms with van der Waals surface area (Å²) in [5.74, 6) is 1.94. The predicted octanol–water partition coefficient (Wildman–Crippen LogP) is 2.36. The zero-order chi connectivity index (χ0) is 15.1. The zero-order valence-corrected chi connectivity index (χ0v) is 12.9. The van der Waals surface area contributed by atoms with E-state index in [9.17, 15) is 0 Å². The van der Waals surface area contributed by atoms with Gasteiger partial charge in [0.2, 0.25) is 0 Å². The third-order valence-corrected chi connectivity index (χ3v) is 3.40. The molecule has 0 spiro atoms. The summed E-state index contributed by atoms with van der Waals surface area (Å²) in [7, 11) is 3.76. The van der Waals surface area contributed by atoms with E-state index in [-0.39, 0.29) is 0 Å². The molecule has 0 aliphatic carbocycles. The lowest BCUT2D eigenvalue weighted by Gasteiger charge is -2.21. The fourth-order valence-corrected chi connectivity index (χ4v) is 2.21. The highest BCUT2D eigenvalue weighted by Gasteiger charge is 2.11. The Balaban J connectivity index is 2.02. The van der Waals surface area contributed by atoms with Gasteiger partial charge in [-0.3, -0.25) is 0 Å². The molecule has 2 aromatic rings. The normalized spacial score (nSPS) is 10.8. The maximum atomic E-state index is 5.35. The van der Waals surface area contributed by atoms with Crippen LogP contribution in [0.3, 0.4) is 0 Å². The van der Waals surface area contributed by atoms with Gasteiger partial charge in [-0.15, -0.1) is 0 Å². The number of methoxy groups -OCH3 is 1. The zero-order valence-electron chi connectivity index (χ0n) is 12.9. The molecule has 1 N–H and O–H groups in total. The van der Waals surface area contributed by atoms with E-state index in [4.69, 9.17) is 9.15 Å². The van der Waals surface area contributed by atoms with E-state index >= 15 is 0 Å². The van der Waals surface area contributed by atoms with Crippen LogP contribution in [0.25, 0.3) is 0 Å². The number of aromatic nitrogens is 1. The van der Waals surface area contributed by atoms with Gasteiger partial charge in [-0.1, -0.05) is 6.07 Å². The molecule has 0 bridgehead atoms. The van der Waals surface area contributed by atoms with Crippen LogP contribution in [0.15, 0.2) is 35.1 Å². The van der Waals surface area contributed by atoms with Gasteiger partial charge in [0, 0.05) is 51.1 Å². The summed E-state index contributed by atoms with van der Waals surface area (Å²) >= 11 is 0. The summed E-state index contributed by atoms with van der Waals surface area (Å²) in [4.78, 5) is 6.66. The molecule has 0 radical (unpaired) electrons. The van der Waals surface area contributed by atoms with Crippen LogP contribution in [-0.4, -0.2) is 32.3 Å². The second kappa shape index (κ2) is 7.81. The van der Waals surface area contributed by atoms with E-state index in [2.05, 4.69) is 21.3 Å². The van der Waals surface area contributed by atoms with E-state index in [0.29, 0.717) is 6.61 Å². The summed E-state index contributed by atoms with van der Waals surface area (Å²) in [5.41, 5.74) is 2.36. The maximum absolute atomic E-state index is 5.35. The van der Waals surface area contributed by atoms with Gasteiger partial charge in [-0.25, -0.2) is 4.98 Å². The minimum atomic E-state index is 0.708. The van der Waals surface area contributed by atoms with Gasteiger partial charge in [0.15, 0.2) is 0 Å². The van der Waals surface area contributed by atoms with Crippen molar-refractivity contribution in [2.45, 2.75) is 20.0 Å². The van der Waals surface area contributed by atoms with Gasteiger partial charge in [-0.05, 0) is 19.1 Å². The maximum Gasteiger partial charge on any atom is 0.133 e. The minimum Gasteiger partial charge on any atom is -0.469 e. The molecule has 0 saturated heterocycles. The fraction of sp³-hybridized carbons (Fsp3) is 0.438. The van der Waals surface area contributed by atoms with Crippen molar-refractivity contribution >= 4 is 5.82 Å². The second-order valence-corrected chi connectivity index (χ2v) is 5.01. The molecule has 114 valence electrons. The topological polar surface area (TPSA) is 50.5 Å². The highest BCUT2D eigenvalue weighted by atomic mass is 16.5. The van der Waals surface area contributed by atoms with Crippen LogP contribution >= 0.6 is 0 Å². The molecule has 0 aromatic carbocycles. The number of nitrogens with zero attached hydrogens (tertiary/aromatic N) is 2. The van der Waals surface area contributed by atoms with Gasteiger partial charge in [0.1, 0.15) is 11.6 Å². The molecule has 0 amide bonds. The summed E-state index contributed by atoms with van der Waals surface area (Å²) < 4.78 is 10.4. The first kappa shape index (κ1) is 15.5. The lowest BCUT2D eigenvalue weighted by molar-refractivity contribution is 0.199. The summed E-state index contributed by atoms with van der Waals surface area (Å²) in [5, 5.41) is 3.36. The highest BCUT2D eigenvalue weighted by Crippen LogP contribution is 2.19. The first-order valence-corrected chi connectivity index (χ1v) is 7.10. The first-order chi connectivity index (χ1) is 10.2. The molecule has 5 heteroatoms. The Morgan fingerprint density at radius 3 is 2.90 bits per heavy atom. The second-order valence-electron chi connectivity index (χ2n) is 5.01. The monoisotopic (exact) mass is 289 g/mol. The molecular formula is C16H23N3O2. The number of furan rings is 1. The van der Waals surface area contributed by atoms with Crippen molar-refractivity contribution in [2.75, 3.05) is 32.2 Å². The van der Waals surface area contributed by atoms with Crippen LogP contribution in [0.2, 0.25) is 0 Å². The number of hydrogen-bond acceptors (Lipinski definition) is 5. The Labute approximate surface area is 125 Å². The van der Waals surface area contributed by atoms with Crippen molar-refractivity contribution in [3.63, 3.8) is 0 Å². The lowest BCUT2D eigenvalue weighted by Crippen LogP contribution is -2.23. The third-order valence-electron chi connectivity index (χ3n) is 3.40. The Hall–Kier alpha value is -1.85. The molecule has 0 atom stereocenters. The van der Waals surface area contributed by atoms with Crippen molar-refractivity contribution in [1.82, 2.24) is 10.3 Å². The average molecular weight is 289 g/mol. The van der Waals surface area contributed by atoms with Crippen LogP contribution in [0.5, 0.6) is 0 Å². The van der Waals surface area contributed by atoms with E-state index in [1.165, 1.54) is 11.1 Å². The number of anilines is 1. The van der Waals surface area contributed by atoms with Crippen molar-refractivity contribution in [3.05, 3.63) is 47.5 Å². The van der Waals surface area contributed by atoms with Crippen LogP contribution < -0.4 is 10.2 Å². The van der Waals surface area contributed by atoms with E-state index in [1.54, 1.807) is 13.4 Å². The molecule has 0 fully saturated rings. The van der Waals surface area contributed by atoms with Gasteiger partial charge in [0.05, 0.1) is 12.9 Å². The summed E-state index contributed by atoms with van der Waals surface area (Å²) in [6, 6.07) is 6.07. The Morgan fingerprint density at radius 2 is 2.19 bits per heavy atom. The molecule has 2 heterocycles. The van der Waals surface area contributed by atoms with Crippen molar-refractivity contribution in [2.24, 2.45) is 0 Å². The van der Waals surface area contributed by atoms with E-state index in [0.717, 1.165) is 31.2 Å². The quantitative estimate of drug-likeness (QED) is 0.756. The van der Waals surface area contributed by atoms with Crippen molar-refractivity contribution < 1.29 is 9.15 Å². The molecule has 2 aromatic heterocycles. The minimum absolute atomic E-state index is 0.708. The summed E-state index contributed by atoms with van der Waals surface area (Å²) in [6.07, 6.45) is 3.55. The molecule has 0 aliphatic heterocycles. The van der Waals surface area contributed by atoms with Gasteiger partial charge >= 0.3 is 0 Å². The van der Waals surface area contributed by atoms with Crippen LogP contribution in [0, 0.1) is 6.92 Å². The predicted molar refractivity (Wildman–Crippen MR) is 83.4 cm³/mol. The third kappa shape index (κ3) is 4.31. The number of nitrogens with one attached hydrogen (secondary N) is 1. The SMILES string of the molecule is COCCNCc1cccnc1N(C)Cc1ccoc1C. The van der Waals surface area contributed by atoms with Crippen molar-refractivity contribution in [3.8, 4) is 0 Å². The largest absolute Gasteiger partial charge is 0.469 e. The highest BCUT2D eigenvalue weighted by molar-refractivity contribution is 5.46. The van der Waals surface area contributed by atoms with Gasteiger partial charge < -0.3 is 19.4 Å². The molecule has 2 rings (SSSR count). The van der Waals surface area contributed by atoms with Crippen molar-refractivity contribution in [1.29, 1.82) is 0 Å². The lowest BCUT2D eigenvalue weighted by atomic mass is 10.2. The Bertz CT molecular complexity index is 554. The number of pyridine rings is 1. The first-order valence-electron chi connectivity index (χ1n) is 7.10. The smallest absolute Gasteiger partial charge is 0.133 e. The van der Waals surface area contributed by atoms with Crippen LogP contribution in [0.1, 0.15) is 16.9 Å². The molecule has 0 unspecified atom stereocenters. The van der Waals surface area contributed by atoms with Gasteiger partial charge in [-0.2, -0.15) is 0 Å². The molecule has 0 saturated carbocycles. The number of hydrogen-bond donors (Lipinski definition) is 1. The Kier molecular flexibility index (Phi) is 5.78. The molecular weight excluding hydrogens is 266 g/mol. The average Bonchev–Trinajstić information content (AvgIpc) is 2.89. The summed E-state index contributed by atoms with van der Waals surface area (Å²) in [6.45, 7) is 5.08. The molecule has 0 aliphatic rings. The molecule has 21 heavy (non-hydrogen) atoms. The number of aryl methyl sites for hydroxylation is 1. The van der Waals surface area contributed by atoms with Crippen LogP contribution in [-0.2, 0) is 17.8 Å². The fourth-order valence-electron chi connectivity index (χ4n) is 2.21. The molecule has 5 nitrogen and oxygen atoms in total. The van der Waals surface area contributed by atoms with E-state index < -0.39 is 0 Å². The van der Waals surface area contributed by atoms with Crippen LogP contribution in [0.4, 0.5) is 5.82 Å².